The van der Waals surface area contributed by atoms with Gasteiger partial charge in [-0.15, -0.1) is 0 Å². The summed E-state index contributed by atoms with van der Waals surface area (Å²) in [4.78, 5) is 0. The molecular formula is C25H14N4. The topological polar surface area (TPSA) is 64.9 Å². The van der Waals surface area contributed by atoms with Crippen LogP contribution in [0.4, 0.5) is 0 Å². The zero-order chi connectivity index (χ0) is 19.8. The van der Waals surface area contributed by atoms with Gasteiger partial charge in [0.05, 0.1) is 11.0 Å². The number of benzene rings is 3. The van der Waals surface area contributed by atoms with Gasteiger partial charge in [-0.2, -0.15) is 15.6 Å². The van der Waals surface area contributed by atoms with Crippen LogP contribution in [0.3, 0.4) is 0 Å². The van der Waals surface area contributed by atoms with Crippen molar-refractivity contribution >= 4 is 16.4 Å². The molecule has 3 aromatic carbocycles. The largest absolute Gasteiger partial charge is 0.230 e. The normalized spacial score (nSPS) is 10.7. The fraction of sp³-hybridized carbons (Fsp3) is 0. The van der Waals surface area contributed by atoms with Gasteiger partial charge in [-0.3, -0.25) is 0 Å². The summed E-state index contributed by atoms with van der Waals surface area (Å²) >= 11 is 0. The smallest absolute Gasteiger partial charge is 0.181 e. The second-order valence-corrected chi connectivity index (χ2v) is 6.71. The second kappa shape index (κ2) is 6.64. The third kappa shape index (κ3) is 2.48. The highest BCUT2D eigenvalue weighted by atomic mass is 15.2. The second-order valence-electron chi connectivity index (χ2n) is 6.71. The Labute approximate surface area is 167 Å². The van der Waals surface area contributed by atoms with Crippen molar-refractivity contribution in [3.8, 4) is 34.4 Å². The lowest BCUT2D eigenvalue weighted by molar-refractivity contribution is 0.991. The number of rotatable bonds is 2. The standard InChI is InChI=1S/C25H14N4/c26-15-20-21(16-27)28-29-22-14-8-7-13-19(22)23(17-9-3-1-4-10-17)24(25(20)29)18-11-5-2-6-12-18/h1-14H. The number of hydrogen-bond acceptors (Lipinski definition) is 3. The van der Waals surface area contributed by atoms with Crippen LogP contribution in [0.2, 0.25) is 0 Å². The molecule has 134 valence electrons. The van der Waals surface area contributed by atoms with Crippen molar-refractivity contribution < 1.29 is 0 Å². The third-order valence-electron chi connectivity index (χ3n) is 5.12. The van der Waals surface area contributed by atoms with E-state index >= 15 is 0 Å². The average Bonchev–Trinajstić information content (AvgIpc) is 3.18. The minimum Gasteiger partial charge on any atom is -0.230 e. The van der Waals surface area contributed by atoms with Crippen molar-refractivity contribution in [2.24, 2.45) is 0 Å². The van der Waals surface area contributed by atoms with Crippen molar-refractivity contribution in [1.82, 2.24) is 9.61 Å². The summed E-state index contributed by atoms with van der Waals surface area (Å²) in [5, 5.41) is 25.0. The molecule has 2 aromatic heterocycles. The van der Waals surface area contributed by atoms with E-state index in [4.69, 9.17) is 0 Å². The fourth-order valence-electron chi connectivity index (χ4n) is 3.92. The van der Waals surface area contributed by atoms with Gasteiger partial charge in [-0.25, -0.2) is 4.52 Å². The van der Waals surface area contributed by atoms with Gasteiger partial charge in [0.15, 0.2) is 5.69 Å². The molecule has 0 N–H and O–H groups in total. The number of pyridine rings is 1. The molecule has 0 amide bonds. The summed E-state index contributed by atoms with van der Waals surface area (Å²) in [5.74, 6) is 0. The Morgan fingerprint density at radius 3 is 1.86 bits per heavy atom. The number of aromatic nitrogens is 2. The zero-order valence-electron chi connectivity index (χ0n) is 15.4. The molecular weight excluding hydrogens is 356 g/mol. The van der Waals surface area contributed by atoms with E-state index in [1.807, 2.05) is 66.7 Å². The van der Waals surface area contributed by atoms with Crippen LogP contribution in [0.5, 0.6) is 0 Å². The van der Waals surface area contributed by atoms with Crippen LogP contribution in [0.15, 0.2) is 84.9 Å². The molecule has 5 aromatic rings. The summed E-state index contributed by atoms with van der Waals surface area (Å²) in [7, 11) is 0. The number of fused-ring (bicyclic) bond motifs is 3. The SMILES string of the molecule is N#Cc1nn2c(c1C#N)c(-c1ccccc1)c(-c1ccccc1)c1ccccc12. The minimum absolute atomic E-state index is 0.139. The number of nitriles is 2. The van der Waals surface area contributed by atoms with E-state index in [9.17, 15) is 10.5 Å². The Morgan fingerprint density at radius 1 is 0.655 bits per heavy atom. The predicted octanol–water partition coefficient (Wildman–Crippen LogP) is 5.56. The molecule has 0 fully saturated rings. The third-order valence-corrected chi connectivity index (χ3v) is 5.12. The first-order valence-electron chi connectivity index (χ1n) is 9.22. The summed E-state index contributed by atoms with van der Waals surface area (Å²) < 4.78 is 1.74. The Morgan fingerprint density at radius 2 is 1.24 bits per heavy atom. The van der Waals surface area contributed by atoms with Gasteiger partial charge < -0.3 is 0 Å². The maximum Gasteiger partial charge on any atom is 0.181 e. The maximum absolute atomic E-state index is 9.89. The summed E-state index contributed by atoms with van der Waals surface area (Å²) in [6.07, 6.45) is 0. The number of hydrogen-bond donors (Lipinski definition) is 0. The molecule has 29 heavy (non-hydrogen) atoms. The van der Waals surface area contributed by atoms with Crippen molar-refractivity contribution in [3.63, 3.8) is 0 Å². The lowest BCUT2D eigenvalue weighted by Gasteiger charge is -2.17. The molecule has 0 bridgehead atoms. The van der Waals surface area contributed by atoms with Gasteiger partial charge in [0.25, 0.3) is 0 Å². The van der Waals surface area contributed by atoms with E-state index in [2.05, 4.69) is 35.4 Å². The predicted molar refractivity (Wildman–Crippen MR) is 113 cm³/mol. The van der Waals surface area contributed by atoms with Crippen LogP contribution in [0, 0.1) is 22.7 Å². The number of nitrogens with zero attached hydrogens (tertiary/aromatic N) is 4. The van der Waals surface area contributed by atoms with Crippen LogP contribution in [0.1, 0.15) is 11.3 Å². The van der Waals surface area contributed by atoms with Gasteiger partial charge in [0.1, 0.15) is 17.7 Å². The Kier molecular flexibility index (Phi) is 3.83. The molecule has 0 radical (unpaired) electrons. The van der Waals surface area contributed by atoms with Gasteiger partial charge in [-0.1, -0.05) is 78.9 Å². The van der Waals surface area contributed by atoms with Crippen LogP contribution < -0.4 is 0 Å². The highest BCUT2D eigenvalue weighted by Gasteiger charge is 2.23. The molecule has 0 saturated heterocycles. The van der Waals surface area contributed by atoms with E-state index in [1.165, 1.54) is 0 Å². The van der Waals surface area contributed by atoms with E-state index in [0.29, 0.717) is 11.1 Å². The first-order chi connectivity index (χ1) is 14.3. The highest BCUT2D eigenvalue weighted by Crippen LogP contribution is 2.42. The Hall–Kier alpha value is -4.41. The number of para-hydroxylation sites is 1. The zero-order valence-corrected chi connectivity index (χ0v) is 15.4. The molecule has 5 rings (SSSR count). The quantitative estimate of drug-likeness (QED) is 0.408. The van der Waals surface area contributed by atoms with Crippen molar-refractivity contribution in [3.05, 3.63) is 96.2 Å². The molecule has 0 saturated carbocycles. The summed E-state index contributed by atoms with van der Waals surface area (Å²) in [6.45, 7) is 0. The van der Waals surface area contributed by atoms with Crippen molar-refractivity contribution in [2.75, 3.05) is 0 Å². The first kappa shape index (κ1) is 16.7. The van der Waals surface area contributed by atoms with Crippen molar-refractivity contribution in [2.45, 2.75) is 0 Å². The lowest BCUT2D eigenvalue weighted by atomic mass is 9.90. The van der Waals surface area contributed by atoms with Gasteiger partial charge in [0, 0.05) is 16.5 Å². The van der Waals surface area contributed by atoms with E-state index in [0.717, 1.165) is 33.2 Å². The Bertz CT molecular complexity index is 1450. The molecule has 0 spiro atoms. The summed E-state index contributed by atoms with van der Waals surface area (Å²) in [6, 6.07) is 32.4. The lowest BCUT2D eigenvalue weighted by Crippen LogP contribution is -1.98. The fourth-order valence-corrected chi connectivity index (χ4v) is 3.92. The van der Waals surface area contributed by atoms with E-state index in [1.54, 1.807) is 4.52 Å². The monoisotopic (exact) mass is 370 g/mol. The maximum atomic E-state index is 9.89. The molecule has 2 heterocycles. The van der Waals surface area contributed by atoms with Crippen LogP contribution in [0.25, 0.3) is 38.7 Å². The molecule has 0 atom stereocenters. The summed E-state index contributed by atoms with van der Waals surface area (Å²) in [5.41, 5.74) is 5.92. The molecule has 0 aliphatic heterocycles. The molecule has 0 aliphatic rings. The van der Waals surface area contributed by atoms with Gasteiger partial charge in [0.2, 0.25) is 0 Å². The first-order valence-corrected chi connectivity index (χ1v) is 9.22. The average molecular weight is 370 g/mol. The van der Waals surface area contributed by atoms with Crippen molar-refractivity contribution in [1.29, 1.82) is 10.5 Å². The van der Waals surface area contributed by atoms with Crippen LogP contribution in [-0.4, -0.2) is 9.61 Å². The minimum atomic E-state index is 0.139. The van der Waals surface area contributed by atoms with Gasteiger partial charge in [-0.05, 0) is 17.2 Å². The molecule has 0 unspecified atom stereocenters. The van der Waals surface area contributed by atoms with E-state index in [-0.39, 0.29) is 5.69 Å². The molecule has 4 heteroatoms. The highest BCUT2D eigenvalue weighted by molar-refractivity contribution is 6.09. The Balaban J connectivity index is 2.12. The van der Waals surface area contributed by atoms with Gasteiger partial charge >= 0.3 is 0 Å². The molecule has 0 aliphatic carbocycles. The van der Waals surface area contributed by atoms with E-state index < -0.39 is 0 Å². The molecule has 4 nitrogen and oxygen atoms in total. The van der Waals surface area contributed by atoms with Crippen LogP contribution >= 0.6 is 0 Å². The van der Waals surface area contributed by atoms with Crippen LogP contribution in [-0.2, 0) is 0 Å².